The van der Waals surface area contributed by atoms with Crippen LogP contribution in [0.3, 0.4) is 0 Å². The average molecular weight is 170 g/mol. The number of hydrogen-bond acceptors (Lipinski definition) is 4. The van der Waals surface area contributed by atoms with E-state index in [1.165, 1.54) is 6.07 Å². The Balaban J connectivity index is 2.92. The van der Waals surface area contributed by atoms with Gasteiger partial charge in [0.25, 0.3) is 0 Å². The Hall–Kier alpha value is -1.33. The molecule has 1 heterocycles. The van der Waals surface area contributed by atoms with Gasteiger partial charge in [0.15, 0.2) is 0 Å². The number of furan rings is 1. The molecule has 0 saturated heterocycles. The zero-order chi connectivity index (χ0) is 9.14. The summed E-state index contributed by atoms with van der Waals surface area (Å²) in [5.74, 6) is 4.97. The molecule has 0 aliphatic rings. The molecule has 0 fully saturated rings. The lowest BCUT2D eigenvalue weighted by Gasteiger charge is -1.90. The minimum absolute atomic E-state index is 0.181. The Labute approximate surface area is 69.1 Å². The molecule has 4 N–H and O–H groups in total. The molecule has 0 saturated carbocycles. The quantitative estimate of drug-likeness (QED) is 0.447. The number of aryl methyl sites for hydroxylation is 1. The predicted octanol–water partition coefficient (Wildman–Crippen LogP) is 0.250. The summed E-state index contributed by atoms with van der Waals surface area (Å²) >= 11 is 0. The fourth-order valence-corrected chi connectivity index (χ4v) is 0.944. The molecule has 0 spiro atoms. The Morgan fingerprint density at radius 2 is 2.50 bits per heavy atom. The molecule has 5 heteroatoms. The average Bonchev–Trinajstić information content (AvgIpc) is 2.32. The lowest BCUT2D eigenvalue weighted by atomic mass is 10.2. The number of hydrazine groups is 1. The summed E-state index contributed by atoms with van der Waals surface area (Å²) in [7, 11) is 0. The minimum Gasteiger partial charge on any atom is -0.478 e. The van der Waals surface area contributed by atoms with Crippen LogP contribution in [0.2, 0.25) is 0 Å². The van der Waals surface area contributed by atoms with E-state index in [1.807, 2.05) is 0 Å². The van der Waals surface area contributed by atoms with Gasteiger partial charge in [-0.25, -0.2) is 4.79 Å². The minimum atomic E-state index is -0.987. The van der Waals surface area contributed by atoms with Gasteiger partial charge in [-0.2, -0.15) is 0 Å². The van der Waals surface area contributed by atoms with Gasteiger partial charge in [0.1, 0.15) is 17.1 Å². The Morgan fingerprint density at radius 3 is 2.92 bits per heavy atom. The van der Waals surface area contributed by atoms with Crippen LogP contribution in [0.25, 0.3) is 0 Å². The number of carboxylic acids is 1. The molecule has 0 bridgehead atoms. The molecule has 5 nitrogen and oxygen atoms in total. The molecule has 1 aromatic heterocycles. The first kappa shape index (κ1) is 8.76. The molecular weight excluding hydrogens is 160 g/mol. The number of carboxylic acid groups (broad SMARTS) is 1. The van der Waals surface area contributed by atoms with Gasteiger partial charge in [-0.05, 0) is 13.0 Å². The van der Waals surface area contributed by atoms with Gasteiger partial charge in [0.2, 0.25) is 0 Å². The van der Waals surface area contributed by atoms with Crippen molar-refractivity contribution in [2.45, 2.75) is 13.5 Å². The van der Waals surface area contributed by atoms with E-state index in [-0.39, 0.29) is 5.56 Å². The van der Waals surface area contributed by atoms with Crippen LogP contribution < -0.4 is 11.3 Å². The predicted molar refractivity (Wildman–Crippen MR) is 41.4 cm³/mol. The topological polar surface area (TPSA) is 88.5 Å². The van der Waals surface area contributed by atoms with Crippen LogP contribution >= 0.6 is 0 Å². The standard InChI is InChI=1S/C7H10N2O3/c1-4-6(7(10)11)2-5(12-4)3-9-8/h2,9H,3,8H2,1H3,(H,10,11). The first-order valence-corrected chi connectivity index (χ1v) is 3.41. The molecule has 0 aliphatic heterocycles. The molecule has 0 atom stereocenters. The van der Waals surface area contributed by atoms with E-state index in [4.69, 9.17) is 15.4 Å². The fourth-order valence-electron chi connectivity index (χ4n) is 0.944. The summed E-state index contributed by atoms with van der Waals surface area (Å²) in [4.78, 5) is 10.5. The second-order valence-corrected chi connectivity index (χ2v) is 2.37. The second-order valence-electron chi connectivity index (χ2n) is 2.37. The van der Waals surface area contributed by atoms with Crippen molar-refractivity contribution in [3.05, 3.63) is 23.2 Å². The van der Waals surface area contributed by atoms with E-state index in [9.17, 15) is 4.79 Å². The zero-order valence-electron chi connectivity index (χ0n) is 6.63. The Bertz CT molecular complexity index is 293. The largest absolute Gasteiger partial charge is 0.478 e. The SMILES string of the molecule is Cc1oc(CNN)cc1C(=O)O. The van der Waals surface area contributed by atoms with Gasteiger partial charge in [0.05, 0.1) is 6.54 Å². The molecule has 0 amide bonds. The van der Waals surface area contributed by atoms with Crippen molar-refractivity contribution < 1.29 is 14.3 Å². The lowest BCUT2D eigenvalue weighted by molar-refractivity contribution is 0.0695. The number of nitrogens with two attached hydrogens (primary N) is 1. The van der Waals surface area contributed by atoms with Crippen LogP contribution in [0.1, 0.15) is 21.9 Å². The van der Waals surface area contributed by atoms with Crippen LogP contribution in [0.5, 0.6) is 0 Å². The summed E-state index contributed by atoms with van der Waals surface area (Å²) in [5, 5.41) is 8.64. The Morgan fingerprint density at radius 1 is 1.83 bits per heavy atom. The van der Waals surface area contributed by atoms with Gasteiger partial charge >= 0.3 is 5.97 Å². The number of nitrogens with one attached hydrogen (secondary N) is 1. The van der Waals surface area contributed by atoms with Gasteiger partial charge in [0, 0.05) is 0 Å². The third kappa shape index (κ3) is 1.63. The summed E-state index contributed by atoms with van der Waals surface area (Å²) in [6.45, 7) is 1.93. The Kier molecular flexibility index (Phi) is 2.47. The zero-order valence-corrected chi connectivity index (χ0v) is 6.63. The highest BCUT2D eigenvalue weighted by Gasteiger charge is 2.12. The third-order valence-corrected chi connectivity index (χ3v) is 1.48. The number of rotatable bonds is 3. The van der Waals surface area contributed by atoms with Crippen LogP contribution in [-0.4, -0.2) is 11.1 Å². The highest BCUT2D eigenvalue weighted by Crippen LogP contribution is 2.13. The number of hydrogen-bond donors (Lipinski definition) is 3. The van der Waals surface area contributed by atoms with Gasteiger partial charge in [-0.1, -0.05) is 0 Å². The van der Waals surface area contributed by atoms with Gasteiger partial charge in [-0.3, -0.25) is 11.3 Å². The van der Waals surface area contributed by atoms with E-state index in [0.29, 0.717) is 18.1 Å². The van der Waals surface area contributed by atoms with Crippen LogP contribution in [0.15, 0.2) is 10.5 Å². The maximum absolute atomic E-state index is 10.5. The fraction of sp³-hybridized carbons (Fsp3) is 0.286. The molecule has 12 heavy (non-hydrogen) atoms. The molecule has 0 radical (unpaired) electrons. The highest BCUT2D eigenvalue weighted by molar-refractivity contribution is 5.88. The van der Waals surface area contributed by atoms with Crippen LogP contribution in [-0.2, 0) is 6.54 Å². The maximum atomic E-state index is 10.5. The van der Waals surface area contributed by atoms with E-state index in [0.717, 1.165) is 0 Å². The van der Waals surface area contributed by atoms with E-state index >= 15 is 0 Å². The molecular formula is C7H10N2O3. The van der Waals surface area contributed by atoms with Crippen molar-refractivity contribution in [2.75, 3.05) is 0 Å². The summed E-state index contributed by atoms with van der Waals surface area (Å²) in [6, 6.07) is 1.46. The second kappa shape index (κ2) is 3.38. The van der Waals surface area contributed by atoms with Crippen molar-refractivity contribution in [2.24, 2.45) is 5.84 Å². The molecule has 66 valence electrons. The van der Waals surface area contributed by atoms with Gasteiger partial charge < -0.3 is 9.52 Å². The van der Waals surface area contributed by atoms with Crippen molar-refractivity contribution in [3.8, 4) is 0 Å². The van der Waals surface area contributed by atoms with Crippen molar-refractivity contribution in [1.82, 2.24) is 5.43 Å². The first-order chi connectivity index (χ1) is 5.65. The molecule has 0 unspecified atom stereocenters. The highest BCUT2D eigenvalue weighted by atomic mass is 16.4. The first-order valence-electron chi connectivity index (χ1n) is 3.41. The van der Waals surface area contributed by atoms with E-state index in [2.05, 4.69) is 5.43 Å². The number of carbonyl (C=O) groups is 1. The van der Waals surface area contributed by atoms with E-state index in [1.54, 1.807) is 6.92 Å². The molecule has 0 aliphatic carbocycles. The summed E-state index contributed by atoms with van der Waals surface area (Å²) < 4.78 is 5.09. The van der Waals surface area contributed by atoms with Crippen LogP contribution in [0, 0.1) is 6.92 Å². The third-order valence-electron chi connectivity index (χ3n) is 1.48. The van der Waals surface area contributed by atoms with Crippen LogP contribution in [0.4, 0.5) is 0 Å². The molecule has 1 rings (SSSR count). The summed E-state index contributed by atoms with van der Waals surface area (Å²) in [6.07, 6.45) is 0. The normalized spacial score (nSPS) is 10.2. The number of aromatic carboxylic acids is 1. The lowest BCUT2D eigenvalue weighted by Crippen LogP contribution is -2.20. The van der Waals surface area contributed by atoms with Gasteiger partial charge in [-0.15, -0.1) is 0 Å². The molecule has 0 aromatic carbocycles. The van der Waals surface area contributed by atoms with Crippen molar-refractivity contribution >= 4 is 5.97 Å². The van der Waals surface area contributed by atoms with Crippen molar-refractivity contribution in [3.63, 3.8) is 0 Å². The monoisotopic (exact) mass is 170 g/mol. The summed E-state index contributed by atoms with van der Waals surface area (Å²) in [5.41, 5.74) is 2.56. The smallest absolute Gasteiger partial charge is 0.339 e. The van der Waals surface area contributed by atoms with Crippen molar-refractivity contribution in [1.29, 1.82) is 0 Å². The van der Waals surface area contributed by atoms with E-state index < -0.39 is 5.97 Å². The maximum Gasteiger partial charge on any atom is 0.339 e. The molecule has 1 aromatic rings.